The van der Waals surface area contributed by atoms with E-state index in [0.29, 0.717) is 11.7 Å². The van der Waals surface area contributed by atoms with Crippen LogP contribution in [0.15, 0.2) is 18.3 Å². The molecule has 2 rings (SSSR count). The number of hydrogen-bond donors (Lipinski definition) is 1. The van der Waals surface area contributed by atoms with Gasteiger partial charge in [-0.25, -0.2) is 0 Å². The van der Waals surface area contributed by atoms with Gasteiger partial charge in [-0.2, -0.15) is 0 Å². The van der Waals surface area contributed by atoms with Crippen molar-refractivity contribution in [3.63, 3.8) is 0 Å². The van der Waals surface area contributed by atoms with Crippen molar-refractivity contribution in [1.29, 1.82) is 0 Å². The summed E-state index contributed by atoms with van der Waals surface area (Å²) in [6.07, 6.45) is 4.31. The predicted molar refractivity (Wildman–Crippen MR) is 81.0 cm³/mol. The van der Waals surface area contributed by atoms with Crippen LogP contribution in [0, 0.1) is 0 Å². The molecule has 1 saturated carbocycles. The molecule has 1 fully saturated rings. The summed E-state index contributed by atoms with van der Waals surface area (Å²) in [7, 11) is 5.64. The number of carbonyl (C=O) groups excluding carboxylic acids is 1. The van der Waals surface area contributed by atoms with Crippen LogP contribution in [0.3, 0.4) is 0 Å². The maximum Gasteiger partial charge on any atom is 0.272 e. The van der Waals surface area contributed by atoms with Crippen molar-refractivity contribution in [3.8, 4) is 0 Å². The van der Waals surface area contributed by atoms with E-state index < -0.39 is 0 Å². The molecule has 20 heavy (non-hydrogen) atoms. The first-order chi connectivity index (χ1) is 9.49. The molecule has 110 valence electrons. The van der Waals surface area contributed by atoms with Crippen molar-refractivity contribution in [2.24, 2.45) is 0 Å². The summed E-state index contributed by atoms with van der Waals surface area (Å²) < 4.78 is 0. The number of aromatic nitrogens is 1. The number of pyridine rings is 1. The Bertz CT molecular complexity index is 471. The molecule has 1 heterocycles. The Balaban J connectivity index is 1.92. The summed E-state index contributed by atoms with van der Waals surface area (Å²) in [5.74, 6) is -0.0724. The Morgan fingerprint density at radius 2 is 2.15 bits per heavy atom. The minimum absolute atomic E-state index is 0.0724. The fraction of sp³-hybridized carbons (Fsp3) is 0.600. The molecule has 1 unspecified atom stereocenters. The molecule has 1 aromatic heterocycles. The van der Waals surface area contributed by atoms with Crippen LogP contribution in [-0.2, 0) is 0 Å². The minimum Gasteiger partial charge on any atom is -0.383 e. The molecule has 1 N–H and O–H groups in total. The third-order valence-corrected chi connectivity index (χ3v) is 3.80. The molecular formula is C15H24N4O. The van der Waals surface area contributed by atoms with Crippen LogP contribution in [0.5, 0.6) is 0 Å². The first kappa shape index (κ1) is 14.8. The number of nitrogens with one attached hydrogen (secondary N) is 1. The van der Waals surface area contributed by atoms with Gasteiger partial charge >= 0.3 is 0 Å². The third-order valence-electron chi connectivity index (χ3n) is 3.80. The van der Waals surface area contributed by atoms with E-state index in [1.54, 1.807) is 20.3 Å². The number of rotatable bonds is 6. The van der Waals surface area contributed by atoms with Crippen LogP contribution in [0.4, 0.5) is 5.69 Å². The average molecular weight is 276 g/mol. The molecule has 0 saturated heterocycles. The Kier molecular flexibility index (Phi) is 4.60. The van der Waals surface area contributed by atoms with E-state index in [1.807, 2.05) is 12.1 Å². The maximum atomic E-state index is 11.9. The van der Waals surface area contributed by atoms with Gasteiger partial charge in [0, 0.05) is 44.6 Å². The monoisotopic (exact) mass is 276 g/mol. The number of amides is 1. The van der Waals surface area contributed by atoms with Crippen LogP contribution in [-0.4, -0.2) is 60.5 Å². The molecule has 1 aliphatic carbocycles. The Morgan fingerprint density at radius 1 is 1.45 bits per heavy atom. The van der Waals surface area contributed by atoms with E-state index in [0.717, 1.165) is 18.3 Å². The van der Waals surface area contributed by atoms with E-state index in [2.05, 4.69) is 29.2 Å². The number of carbonyl (C=O) groups is 1. The van der Waals surface area contributed by atoms with Crippen molar-refractivity contribution in [2.45, 2.75) is 31.8 Å². The molecule has 1 aromatic rings. The van der Waals surface area contributed by atoms with E-state index in [1.165, 1.54) is 17.7 Å². The van der Waals surface area contributed by atoms with Gasteiger partial charge in [0.1, 0.15) is 5.69 Å². The highest BCUT2D eigenvalue weighted by atomic mass is 16.2. The van der Waals surface area contributed by atoms with Crippen molar-refractivity contribution in [2.75, 3.05) is 33.0 Å². The first-order valence-corrected chi connectivity index (χ1v) is 7.12. The van der Waals surface area contributed by atoms with E-state index in [-0.39, 0.29) is 5.91 Å². The van der Waals surface area contributed by atoms with Gasteiger partial charge in [-0.3, -0.25) is 14.7 Å². The summed E-state index contributed by atoms with van der Waals surface area (Å²) in [6, 6.07) is 4.95. The molecule has 0 radical (unpaired) electrons. The number of likely N-dealkylation sites (N-methyl/N-ethyl adjacent to an activating group) is 1. The van der Waals surface area contributed by atoms with Crippen LogP contribution >= 0.6 is 0 Å². The van der Waals surface area contributed by atoms with E-state index in [4.69, 9.17) is 0 Å². The average Bonchev–Trinajstić information content (AvgIpc) is 3.27. The van der Waals surface area contributed by atoms with Gasteiger partial charge in [0.05, 0.1) is 0 Å². The largest absolute Gasteiger partial charge is 0.383 e. The van der Waals surface area contributed by atoms with E-state index >= 15 is 0 Å². The van der Waals surface area contributed by atoms with Crippen LogP contribution in [0.2, 0.25) is 0 Å². The first-order valence-electron chi connectivity index (χ1n) is 7.12. The lowest BCUT2D eigenvalue weighted by atomic mass is 10.2. The lowest BCUT2D eigenvalue weighted by molar-refractivity contribution is 0.0822. The molecule has 5 nitrogen and oxygen atoms in total. The maximum absolute atomic E-state index is 11.9. The molecule has 0 spiro atoms. The van der Waals surface area contributed by atoms with Crippen LogP contribution < -0.4 is 5.32 Å². The molecule has 1 amide bonds. The summed E-state index contributed by atoms with van der Waals surface area (Å²) in [4.78, 5) is 19.9. The zero-order valence-electron chi connectivity index (χ0n) is 12.8. The second-order valence-electron chi connectivity index (χ2n) is 5.76. The standard InChI is InChI=1S/C15H24N4O/c1-11(19(4)13-5-6-13)10-17-12-7-8-16-14(9-12)15(20)18(2)3/h7-9,11,13H,5-6,10H2,1-4H3,(H,16,17). The number of anilines is 1. The SMILES string of the molecule is CC(CNc1ccnc(C(=O)N(C)C)c1)N(C)C1CC1. The zero-order valence-corrected chi connectivity index (χ0v) is 12.8. The highest BCUT2D eigenvalue weighted by Gasteiger charge is 2.28. The van der Waals surface area contributed by atoms with Gasteiger partial charge in [0.25, 0.3) is 5.91 Å². The molecule has 0 aromatic carbocycles. The van der Waals surface area contributed by atoms with Crippen molar-refractivity contribution < 1.29 is 4.79 Å². The highest BCUT2D eigenvalue weighted by molar-refractivity contribution is 5.92. The van der Waals surface area contributed by atoms with Gasteiger partial charge in [-0.15, -0.1) is 0 Å². The Labute approximate surface area is 121 Å². The van der Waals surface area contributed by atoms with Crippen LogP contribution in [0.25, 0.3) is 0 Å². The second-order valence-corrected chi connectivity index (χ2v) is 5.76. The second kappa shape index (κ2) is 6.22. The van der Waals surface area contributed by atoms with Crippen LogP contribution in [0.1, 0.15) is 30.3 Å². The quantitative estimate of drug-likeness (QED) is 0.859. The van der Waals surface area contributed by atoms with E-state index in [9.17, 15) is 4.79 Å². The third kappa shape index (κ3) is 3.70. The number of hydrogen-bond acceptors (Lipinski definition) is 4. The highest BCUT2D eigenvalue weighted by Crippen LogP contribution is 2.26. The summed E-state index contributed by atoms with van der Waals surface area (Å²) in [6.45, 7) is 3.09. The smallest absolute Gasteiger partial charge is 0.272 e. The lowest BCUT2D eigenvalue weighted by Gasteiger charge is -2.25. The Morgan fingerprint density at radius 3 is 2.75 bits per heavy atom. The topological polar surface area (TPSA) is 48.5 Å². The predicted octanol–water partition coefficient (Wildman–Crippen LogP) is 1.68. The Hall–Kier alpha value is -1.62. The molecule has 5 heteroatoms. The zero-order chi connectivity index (χ0) is 14.7. The lowest BCUT2D eigenvalue weighted by Crippen LogP contribution is -2.36. The molecular weight excluding hydrogens is 252 g/mol. The fourth-order valence-electron chi connectivity index (χ4n) is 2.14. The van der Waals surface area contributed by atoms with Crippen molar-refractivity contribution in [3.05, 3.63) is 24.0 Å². The van der Waals surface area contributed by atoms with Crippen molar-refractivity contribution >= 4 is 11.6 Å². The van der Waals surface area contributed by atoms with Gasteiger partial charge in [-0.1, -0.05) is 0 Å². The summed E-state index contributed by atoms with van der Waals surface area (Å²) in [5.41, 5.74) is 1.42. The molecule has 0 aliphatic heterocycles. The van der Waals surface area contributed by atoms with Crippen molar-refractivity contribution in [1.82, 2.24) is 14.8 Å². The van der Waals surface area contributed by atoms with Gasteiger partial charge in [-0.05, 0) is 38.9 Å². The normalized spacial score (nSPS) is 16.1. The minimum atomic E-state index is -0.0724. The van der Waals surface area contributed by atoms with Gasteiger partial charge in [0.15, 0.2) is 0 Å². The number of nitrogens with zero attached hydrogens (tertiary/aromatic N) is 3. The molecule has 1 aliphatic rings. The summed E-state index contributed by atoms with van der Waals surface area (Å²) >= 11 is 0. The molecule has 1 atom stereocenters. The fourth-order valence-corrected chi connectivity index (χ4v) is 2.14. The molecule has 0 bridgehead atoms. The summed E-state index contributed by atoms with van der Waals surface area (Å²) in [5, 5.41) is 3.39. The van der Waals surface area contributed by atoms with Gasteiger partial charge < -0.3 is 10.2 Å². The van der Waals surface area contributed by atoms with Gasteiger partial charge in [0.2, 0.25) is 0 Å².